The Kier molecular flexibility index (Phi) is 6.76. The van der Waals surface area contributed by atoms with E-state index in [0.29, 0.717) is 24.7 Å². The van der Waals surface area contributed by atoms with Gasteiger partial charge >= 0.3 is 5.97 Å². The van der Waals surface area contributed by atoms with Crippen molar-refractivity contribution in [3.8, 4) is 5.88 Å². The molecule has 1 aliphatic rings. The van der Waals surface area contributed by atoms with Crippen LogP contribution < -0.4 is 10.1 Å². The van der Waals surface area contributed by atoms with Crippen molar-refractivity contribution >= 4 is 11.9 Å². The zero-order valence-electron chi connectivity index (χ0n) is 14.9. The summed E-state index contributed by atoms with van der Waals surface area (Å²) in [7, 11) is 0. The fourth-order valence-corrected chi connectivity index (χ4v) is 2.62. The van der Waals surface area contributed by atoms with Gasteiger partial charge in [-0.05, 0) is 11.6 Å². The summed E-state index contributed by atoms with van der Waals surface area (Å²) in [6, 6.07) is 12.5. The van der Waals surface area contributed by atoms with Gasteiger partial charge in [-0.25, -0.2) is 4.98 Å². The minimum absolute atomic E-state index is 0.0394. The van der Waals surface area contributed by atoms with Crippen LogP contribution in [-0.4, -0.2) is 42.7 Å². The minimum atomic E-state index is -0.500. The fourth-order valence-electron chi connectivity index (χ4n) is 2.62. The van der Waals surface area contributed by atoms with Crippen molar-refractivity contribution in [3.63, 3.8) is 0 Å². The first-order valence-electron chi connectivity index (χ1n) is 8.89. The van der Waals surface area contributed by atoms with Gasteiger partial charge in [-0.2, -0.15) is 0 Å². The second-order valence-electron chi connectivity index (χ2n) is 6.14. The molecule has 7 nitrogen and oxygen atoms in total. The molecule has 1 N–H and O–H groups in total. The Hall–Kier alpha value is -2.93. The summed E-state index contributed by atoms with van der Waals surface area (Å²) in [5.74, 6) is -0.493. The Balaban J connectivity index is 1.46. The number of pyridine rings is 1. The molecule has 0 aliphatic carbocycles. The second kappa shape index (κ2) is 9.68. The quantitative estimate of drug-likeness (QED) is 0.751. The number of nitrogens with zero attached hydrogens (tertiary/aromatic N) is 1. The minimum Gasteiger partial charge on any atom is -0.474 e. The molecule has 1 saturated heterocycles. The van der Waals surface area contributed by atoms with Gasteiger partial charge in [0, 0.05) is 30.7 Å². The van der Waals surface area contributed by atoms with E-state index in [4.69, 9.17) is 14.2 Å². The molecule has 1 fully saturated rings. The summed E-state index contributed by atoms with van der Waals surface area (Å²) < 4.78 is 16.2. The summed E-state index contributed by atoms with van der Waals surface area (Å²) in [6.07, 6.45) is 3.14. The average Bonchev–Trinajstić information content (AvgIpc) is 2.72. The maximum atomic E-state index is 12.2. The van der Waals surface area contributed by atoms with Gasteiger partial charge in [-0.3, -0.25) is 9.59 Å². The molecule has 0 saturated carbocycles. The van der Waals surface area contributed by atoms with Crippen LogP contribution in [0.3, 0.4) is 0 Å². The molecule has 0 unspecified atom stereocenters. The van der Waals surface area contributed by atoms with E-state index >= 15 is 0 Å². The van der Waals surface area contributed by atoms with E-state index in [1.165, 1.54) is 6.20 Å². The number of amides is 1. The lowest BCUT2D eigenvalue weighted by molar-refractivity contribution is -0.143. The molecule has 2 heterocycles. The van der Waals surface area contributed by atoms with Crippen LogP contribution in [-0.2, 0) is 20.9 Å². The van der Waals surface area contributed by atoms with Crippen LogP contribution in [0.5, 0.6) is 5.88 Å². The highest BCUT2D eigenvalue weighted by Crippen LogP contribution is 2.16. The predicted octanol–water partition coefficient (Wildman–Crippen LogP) is 2.11. The standard InChI is InChI=1S/C20H22N2O5/c23-19(26-14-15-4-2-1-3-5-15)13-22-20(24)16-6-9-21-18(12-16)27-17-7-10-25-11-8-17/h1-6,9,12,17H,7-8,10-11,13-14H2,(H,22,24). The van der Waals surface area contributed by atoms with E-state index in [1.807, 2.05) is 30.3 Å². The molecule has 2 aromatic rings. The van der Waals surface area contributed by atoms with Crippen LogP contribution in [0, 0.1) is 0 Å². The van der Waals surface area contributed by atoms with E-state index in [2.05, 4.69) is 10.3 Å². The van der Waals surface area contributed by atoms with Crippen LogP contribution in [0.4, 0.5) is 0 Å². The average molecular weight is 370 g/mol. The van der Waals surface area contributed by atoms with Crippen LogP contribution in [0.15, 0.2) is 48.7 Å². The van der Waals surface area contributed by atoms with Gasteiger partial charge in [0.1, 0.15) is 19.3 Å². The highest BCUT2D eigenvalue weighted by atomic mass is 16.5. The van der Waals surface area contributed by atoms with Gasteiger partial charge in [0.2, 0.25) is 5.88 Å². The van der Waals surface area contributed by atoms with Crippen LogP contribution in [0.2, 0.25) is 0 Å². The summed E-state index contributed by atoms with van der Waals surface area (Å²) >= 11 is 0. The monoisotopic (exact) mass is 370 g/mol. The zero-order chi connectivity index (χ0) is 18.9. The molecule has 1 aromatic carbocycles. The molecule has 27 heavy (non-hydrogen) atoms. The Labute approximate surface area is 157 Å². The molecule has 0 spiro atoms. The van der Waals surface area contributed by atoms with Crippen molar-refractivity contribution in [3.05, 3.63) is 59.8 Å². The van der Waals surface area contributed by atoms with Crippen molar-refractivity contribution in [2.24, 2.45) is 0 Å². The summed E-state index contributed by atoms with van der Waals surface area (Å²) in [5, 5.41) is 2.55. The summed E-state index contributed by atoms with van der Waals surface area (Å²) in [5.41, 5.74) is 1.27. The summed E-state index contributed by atoms with van der Waals surface area (Å²) in [4.78, 5) is 28.2. The normalized spacial score (nSPS) is 14.4. The van der Waals surface area contributed by atoms with Crippen LogP contribution in [0.1, 0.15) is 28.8 Å². The molecule has 142 valence electrons. The van der Waals surface area contributed by atoms with Crippen molar-refractivity contribution in [2.45, 2.75) is 25.6 Å². The molecule has 0 radical (unpaired) electrons. The number of carbonyl (C=O) groups is 2. The molecule has 1 aliphatic heterocycles. The first kappa shape index (κ1) is 18.8. The fraction of sp³-hybridized carbons (Fsp3) is 0.350. The van der Waals surface area contributed by atoms with Crippen LogP contribution >= 0.6 is 0 Å². The highest BCUT2D eigenvalue weighted by molar-refractivity contribution is 5.96. The number of rotatable bonds is 7. The predicted molar refractivity (Wildman–Crippen MR) is 97.3 cm³/mol. The van der Waals surface area contributed by atoms with E-state index in [-0.39, 0.29) is 25.2 Å². The Morgan fingerprint density at radius 1 is 1.15 bits per heavy atom. The number of hydrogen-bond acceptors (Lipinski definition) is 6. The Morgan fingerprint density at radius 3 is 2.70 bits per heavy atom. The number of esters is 1. The van der Waals surface area contributed by atoms with E-state index < -0.39 is 5.97 Å². The number of carbonyl (C=O) groups excluding carboxylic acids is 2. The Morgan fingerprint density at radius 2 is 1.93 bits per heavy atom. The highest BCUT2D eigenvalue weighted by Gasteiger charge is 2.17. The molecule has 0 atom stereocenters. The topological polar surface area (TPSA) is 86.8 Å². The van der Waals surface area contributed by atoms with Crippen molar-refractivity contribution in [1.82, 2.24) is 10.3 Å². The lowest BCUT2D eigenvalue weighted by Gasteiger charge is -2.22. The molecule has 7 heteroatoms. The SMILES string of the molecule is O=C(CNC(=O)c1ccnc(OC2CCOCC2)c1)OCc1ccccc1. The van der Waals surface area contributed by atoms with Crippen molar-refractivity contribution < 1.29 is 23.8 Å². The smallest absolute Gasteiger partial charge is 0.325 e. The second-order valence-corrected chi connectivity index (χ2v) is 6.14. The largest absolute Gasteiger partial charge is 0.474 e. The number of aromatic nitrogens is 1. The third-order valence-electron chi connectivity index (χ3n) is 4.09. The molecular formula is C20H22N2O5. The van der Waals surface area contributed by atoms with Gasteiger partial charge in [0.05, 0.1) is 13.2 Å². The van der Waals surface area contributed by atoms with Gasteiger partial charge in [0.15, 0.2) is 0 Å². The lowest BCUT2D eigenvalue weighted by Crippen LogP contribution is -2.30. The first-order valence-corrected chi connectivity index (χ1v) is 8.89. The summed E-state index contributed by atoms with van der Waals surface area (Å²) in [6.45, 7) is 1.30. The molecule has 3 rings (SSSR count). The maximum absolute atomic E-state index is 12.2. The number of nitrogens with one attached hydrogen (secondary N) is 1. The van der Waals surface area contributed by atoms with E-state index in [9.17, 15) is 9.59 Å². The molecular weight excluding hydrogens is 348 g/mol. The number of benzene rings is 1. The Bertz CT molecular complexity index is 760. The van der Waals surface area contributed by atoms with Gasteiger partial charge in [-0.1, -0.05) is 30.3 Å². The molecule has 0 bridgehead atoms. The van der Waals surface area contributed by atoms with Gasteiger partial charge < -0.3 is 19.5 Å². The van der Waals surface area contributed by atoms with E-state index in [1.54, 1.807) is 12.1 Å². The van der Waals surface area contributed by atoms with E-state index in [0.717, 1.165) is 18.4 Å². The maximum Gasteiger partial charge on any atom is 0.325 e. The van der Waals surface area contributed by atoms with Gasteiger partial charge in [0.25, 0.3) is 5.91 Å². The third-order valence-corrected chi connectivity index (χ3v) is 4.09. The van der Waals surface area contributed by atoms with Crippen LogP contribution in [0.25, 0.3) is 0 Å². The van der Waals surface area contributed by atoms with Gasteiger partial charge in [-0.15, -0.1) is 0 Å². The van der Waals surface area contributed by atoms with Crippen molar-refractivity contribution in [1.29, 1.82) is 0 Å². The molecule has 1 aromatic heterocycles. The zero-order valence-corrected chi connectivity index (χ0v) is 14.9. The molecule has 1 amide bonds. The lowest BCUT2D eigenvalue weighted by atomic mass is 10.1. The number of ether oxygens (including phenoxy) is 3. The van der Waals surface area contributed by atoms with Crippen molar-refractivity contribution in [2.75, 3.05) is 19.8 Å². The number of hydrogen-bond donors (Lipinski definition) is 1. The first-order chi connectivity index (χ1) is 13.2. The third kappa shape index (κ3) is 6.07.